The monoisotopic (exact) mass is 644 g/mol. The summed E-state index contributed by atoms with van der Waals surface area (Å²) in [5, 5.41) is 1.29. The number of fused-ring (bicyclic) bond motifs is 5. The lowest BCUT2D eigenvalue weighted by atomic mass is 9.95. The summed E-state index contributed by atoms with van der Waals surface area (Å²) >= 11 is 6.41. The summed E-state index contributed by atoms with van der Waals surface area (Å²) in [6.07, 6.45) is 4.33. The largest absolute Gasteiger partial charge is 0.469 e. The first-order valence-corrected chi connectivity index (χ1v) is 15.8. The van der Waals surface area contributed by atoms with Crippen molar-refractivity contribution in [3.63, 3.8) is 0 Å². The molecule has 236 valence electrons. The number of carbonyl (C=O) groups excluding carboxylic acids is 2. The second-order valence-corrected chi connectivity index (χ2v) is 12.9. The van der Waals surface area contributed by atoms with Crippen LogP contribution < -0.4 is 14.5 Å². The van der Waals surface area contributed by atoms with E-state index >= 15 is 4.39 Å². The molecule has 0 bridgehead atoms. The Morgan fingerprint density at radius 1 is 1.15 bits per heavy atom. The van der Waals surface area contributed by atoms with Gasteiger partial charge in [-0.3, -0.25) is 19.5 Å². The lowest BCUT2D eigenvalue weighted by Gasteiger charge is -2.52. The number of pyridine rings is 2. The summed E-state index contributed by atoms with van der Waals surface area (Å²) in [6, 6.07) is 7.14. The summed E-state index contributed by atoms with van der Waals surface area (Å²) in [5.74, 6) is -1.55. The average molecular weight is 645 g/mol. The lowest BCUT2D eigenvalue weighted by molar-refractivity contribution is -0.131. The topological polar surface area (TPSA) is 82.1 Å². The van der Waals surface area contributed by atoms with Crippen molar-refractivity contribution in [2.45, 2.75) is 44.0 Å². The summed E-state index contributed by atoms with van der Waals surface area (Å²) < 4.78 is 38.0. The fourth-order valence-corrected chi connectivity index (χ4v) is 8.02. The summed E-state index contributed by atoms with van der Waals surface area (Å²) in [7, 11) is 2.03. The number of amides is 2. The van der Waals surface area contributed by atoms with Crippen LogP contribution in [0.3, 0.4) is 0 Å². The Morgan fingerprint density at radius 2 is 1.98 bits per heavy atom. The van der Waals surface area contributed by atoms with E-state index < -0.39 is 17.7 Å². The number of likely N-dealkylation sites (N-methyl/N-ethyl adjacent to an activating group) is 1. The molecule has 2 fully saturated rings. The van der Waals surface area contributed by atoms with E-state index in [9.17, 15) is 14.0 Å². The highest BCUT2D eigenvalue weighted by Gasteiger charge is 2.50. The van der Waals surface area contributed by atoms with E-state index in [-0.39, 0.29) is 58.7 Å². The number of nitrogens with zero attached hydrogens (tertiary/aromatic N) is 6. The molecule has 4 aromatic rings. The van der Waals surface area contributed by atoms with E-state index in [0.29, 0.717) is 46.2 Å². The van der Waals surface area contributed by atoms with Gasteiger partial charge in [0, 0.05) is 41.2 Å². The summed E-state index contributed by atoms with van der Waals surface area (Å²) in [4.78, 5) is 43.9. The van der Waals surface area contributed by atoms with Crippen molar-refractivity contribution in [3.8, 4) is 17.1 Å². The third kappa shape index (κ3) is 4.14. The molecule has 8 rings (SSSR count). The second-order valence-electron chi connectivity index (χ2n) is 12.6. The Balaban J connectivity index is 1.35. The minimum Gasteiger partial charge on any atom is -0.469 e. The number of piperazine rings is 1. The molecule has 0 aliphatic carbocycles. The van der Waals surface area contributed by atoms with E-state index in [4.69, 9.17) is 21.3 Å². The van der Waals surface area contributed by atoms with E-state index in [0.717, 1.165) is 19.4 Å². The average Bonchev–Trinajstić information content (AvgIpc) is 3.49. The zero-order chi connectivity index (χ0) is 32.0. The molecule has 2 amide bonds. The number of carbonyl (C=O) groups is 2. The Labute approximate surface area is 269 Å². The molecule has 9 nitrogen and oxygen atoms in total. The SMILES string of the molecule is C=CC(=O)N1C[C@@H]2C(=O)N3C[C@H]([C@@H]4CCCN4C)Oc4nc5c(F)c(-c6cccc7ccc(F)c(Cl)c67)ncc5c(c43)N2C[C@H]1C. The van der Waals surface area contributed by atoms with Gasteiger partial charge in [-0.15, -0.1) is 0 Å². The van der Waals surface area contributed by atoms with Crippen molar-refractivity contribution in [2.75, 3.05) is 43.0 Å². The minimum atomic E-state index is -0.707. The molecule has 0 saturated carbocycles. The van der Waals surface area contributed by atoms with E-state index in [1.807, 2.05) is 18.9 Å². The van der Waals surface area contributed by atoms with Gasteiger partial charge >= 0.3 is 0 Å². The van der Waals surface area contributed by atoms with Crippen LogP contribution >= 0.6 is 11.6 Å². The quantitative estimate of drug-likeness (QED) is 0.285. The zero-order valence-electron chi connectivity index (χ0n) is 25.3. The fraction of sp³-hybridized carbons (Fsp3) is 0.353. The molecule has 6 heterocycles. The number of aromatic nitrogens is 2. The first-order chi connectivity index (χ1) is 22.2. The Bertz CT molecular complexity index is 1990. The standard InChI is InChI=1S/C34H31ClF2N6O3/c1-4-25(44)41-15-23-34(45)43-16-24(22-9-6-12-40(22)3)46-33-32(43)31(42(23)14-17(41)2)20-13-38-29(28(37)30(20)39-33)19-8-5-7-18-10-11-21(36)27(35)26(18)19/h4-5,7-8,10-11,13,17,22-24H,1,6,9,12,14-16H2,2-3H3/t17-,22+,23-,24-/m1/s1. The van der Waals surface area contributed by atoms with Gasteiger partial charge in [0.25, 0.3) is 5.91 Å². The number of ether oxygens (including phenoxy) is 1. The third-order valence-electron chi connectivity index (χ3n) is 10.0. The van der Waals surface area contributed by atoms with Gasteiger partial charge < -0.3 is 19.4 Å². The number of hydrogen-bond donors (Lipinski definition) is 0. The lowest BCUT2D eigenvalue weighted by Crippen LogP contribution is -2.67. The third-order valence-corrected chi connectivity index (χ3v) is 10.4. The molecular formula is C34H31ClF2N6O3. The smallest absolute Gasteiger partial charge is 0.251 e. The molecule has 0 radical (unpaired) electrons. The normalized spacial score (nSPS) is 24.3. The number of benzene rings is 2. The van der Waals surface area contributed by atoms with Crippen LogP contribution in [0.1, 0.15) is 19.8 Å². The van der Waals surface area contributed by atoms with Crippen LogP contribution in [0.4, 0.5) is 20.2 Å². The maximum Gasteiger partial charge on any atom is 0.251 e. The van der Waals surface area contributed by atoms with Gasteiger partial charge in [0.1, 0.15) is 34.9 Å². The van der Waals surface area contributed by atoms with Crippen molar-refractivity contribution in [1.29, 1.82) is 0 Å². The number of halogens is 3. The highest BCUT2D eigenvalue weighted by atomic mass is 35.5. The maximum absolute atomic E-state index is 16.9. The minimum absolute atomic E-state index is 0.0222. The summed E-state index contributed by atoms with van der Waals surface area (Å²) in [5.41, 5.74) is 1.42. The van der Waals surface area contributed by atoms with Gasteiger partial charge in [-0.05, 0) is 50.9 Å². The molecule has 4 aliphatic heterocycles. The van der Waals surface area contributed by atoms with E-state index in [1.54, 1.807) is 40.3 Å². The fourth-order valence-electron chi connectivity index (χ4n) is 7.75. The molecule has 4 aliphatic rings. The van der Waals surface area contributed by atoms with Crippen LogP contribution in [0.15, 0.2) is 49.2 Å². The van der Waals surface area contributed by atoms with Crippen LogP contribution in [0.25, 0.3) is 32.9 Å². The van der Waals surface area contributed by atoms with Gasteiger partial charge in [-0.1, -0.05) is 42.4 Å². The van der Waals surface area contributed by atoms with E-state index in [2.05, 4.69) is 16.5 Å². The van der Waals surface area contributed by atoms with Crippen LogP contribution in [-0.4, -0.2) is 89.0 Å². The summed E-state index contributed by atoms with van der Waals surface area (Å²) in [6.45, 7) is 7.26. The Kier molecular flexibility index (Phi) is 6.70. The molecule has 2 saturated heterocycles. The van der Waals surface area contributed by atoms with Crippen molar-refractivity contribution in [2.24, 2.45) is 0 Å². The van der Waals surface area contributed by atoms with Crippen molar-refractivity contribution < 1.29 is 23.1 Å². The molecule has 2 aromatic heterocycles. The first-order valence-electron chi connectivity index (χ1n) is 15.4. The molecule has 4 atom stereocenters. The number of anilines is 2. The molecule has 46 heavy (non-hydrogen) atoms. The van der Waals surface area contributed by atoms with Gasteiger partial charge in [0.05, 0.1) is 23.8 Å². The highest BCUT2D eigenvalue weighted by Crippen LogP contribution is 2.51. The predicted molar refractivity (Wildman–Crippen MR) is 172 cm³/mol. The maximum atomic E-state index is 16.9. The van der Waals surface area contributed by atoms with Crippen LogP contribution in [-0.2, 0) is 9.59 Å². The number of rotatable bonds is 3. The molecule has 0 unspecified atom stereocenters. The second kappa shape index (κ2) is 10.6. The number of likely N-dealkylation sites (tertiary alicyclic amines) is 1. The first kappa shape index (κ1) is 29.1. The van der Waals surface area contributed by atoms with E-state index in [1.165, 1.54) is 12.1 Å². The molecule has 12 heteroatoms. The van der Waals surface area contributed by atoms with Crippen LogP contribution in [0, 0.1) is 11.6 Å². The van der Waals surface area contributed by atoms with Gasteiger partial charge in [0.2, 0.25) is 11.8 Å². The van der Waals surface area contributed by atoms with Crippen LogP contribution in [0.5, 0.6) is 5.88 Å². The van der Waals surface area contributed by atoms with Gasteiger partial charge in [-0.2, -0.15) is 0 Å². The van der Waals surface area contributed by atoms with Crippen molar-refractivity contribution in [3.05, 3.63) is 65.8 Å². The Morgan fingerprint density at radius 3 is 2.74 bits per heavy atom. The van der Waals surface area contributed by atoms with Gasteiger partial charge in [0.15, 0.2) is 5.82 Å². The number of hydrogen-bond acceptors (Lipinski definition) is 7. The molecule has 0 spiro atoms. The van der Waals surface area contributed by atoms with Gasteiger partial charge in [-0.25, -0.2) is 13.8 Å². The molecular weight excluding hydrogens is 614 g/mol. The van der Waals surface area contributed by atoms with Crippen LogP contribution in [0.2, 0.25) is 5.02 Å². The van der Waals surface area contributed by atoms with Crippen molar-refractivity contribution >= 4 is 56.5 Å². The highest BCUT2D eigenvalue weighted by molar-refractivity contribution is 6.36. The molecule has 0 N–H and O–H groups in total. The Hall–Kier alpha value is -4.35. The molecule has 2 aromatic carbocycles. The zero-order valence-corrected chi connectivity index (χ0v) is 26.1. The predicted octanol–water partition coefficient (Wildman–Crippen LogP) is 5.18. The van der Waals surface area contributed by atoms with Crippen molar-refractivity contribution in [1.82, 2.24) is 19.8 Å².